The summed E-state index contributed by atoms with van der Waals surface area (Å²) in [4.78, 5) is 13.8. The zero-order valence-corrected chi connectivity index (χ0v) is 11.6. The Morgan fingerprint density at radius 3 is 3.00 bits per heavy atom. The van der Waals surface area contributed by atoms with Crippen LogP contribution in [0.15, 0.2) is 30.3 Å². The minimum atomic E-state index is -0.292. The second-order valence-electron chi connectivity index (χ2n) is 4.47. The number of nitrogens with one attached hydrogen (secondary N) is 1. The maximum absolute atomic E-state index is 13.0. The molecule has 1 fully saturated rings. The molecule has 0 radical (unpaired) electrons. The molecule has 19 heavy (non-hydrogen) atoms. The van der Waals surface area contributed by atoms with Gasteiger partial charge in [-0.25, -0.2) is 4.39 Å². The summed E-state index contributed by atoms with van der Waals surface area (Å²) in [5, 5.41) is 3.23. The summed E-state index contributed by atoms with van der Waals surface area (Å²) >= 11 is 0. The Bertz CT molecular complexity index is 465. The van der Waals surface area contributed by atoms with Gasteiger partial charge in [-0.1, -0.05) is 12.1 Å². The molecule has 1 atom stereocenters. The van der Waals surface area contributed by atoms with Crippen LogP contribution in [-0.4, -0.2) is 36.5 Å². The fraction of sp³-hybridized carbons (Fsp3) is 0.357. The second-order valence-corrected chi connectivity index (χ2v) is 4.47. The van der Waals surface area contributed by atoms with Gasteiger partial charge in [-0.3, -0.25) is 4.79 Å². The molecule has 0 aromatic heterocycles. The summed E-state index contributed by atoms with van der Waals surface area (Å²) in [5.41, 5.74) is 0.700. The molecule has 1 unspecified atom stereocenters. The molecular weight excluding hydrogens is 267 g/mol. The van der Waals surface area contributed by atoms with E-state index in [1.54, 1.807) is 18.2 Å². The first-order chi connectivity index (χ1) is 8.66. The van der Waals surface area contributed by atoms with Gasteiger partial charge in [0.1, 0.15) is 5.82 Å². The van der Waals surface area contributed by atoms with E-state index in [1.165, 1.54) is 18.2 Å². The highest BCUT2D eigenvalue weighted by molar-refractivity contribution is 5.92. The standard InChI is InChI=1S/C14H17FN2O.ClH/c1-11-10-16-7-8-17(11)14(18)6-5-12-3-2-4-13(15)9-12;/h2-6,9,11,16H,7-8,10H2,1H3;1H/b6-5+;. The molecule has 1 heterocycles. The van der Waals surface area contributed by atoms with Crippen molar-refractivity contribution in [2.24, 2.45) is 0 Å². The van der Waals surface area contributed by atoms with Gasteiger partial charge in [0.05, 0.1) is 0 Å². The summed E-state index contributed by atoms with van der Waals surface area (Å²) in [6, 6.07) is 6.40. The van der Waals surface area contributed by atoms with Gasteiger partial charge in [-0.2, -0.15) is 0 Å². The highest BCUT2D eigenvalue weighted by Gasteiger charge is 2.20. The molecule has 1 aromatic carbocycles. The van der Waals surface area contributed by atoms with E-state index in [1.807, 2.05) is 11.8 Å². The van der Waals surface area contributed by atoms with E-state index in [0.29, 0.717) is 12.1 Å². The first-order valence-corrected chi connectivity index (χ1v) is 6.12. The number of benzene rings is 1. The van der Waals surface area contributed by atoms with Gasteiger partial charge >= 0.3 is 0 Å². The first kappa shape index (κ1) is 15.7. The largest absolute Gasteiger partial charge is 0.334 e. The van der Waals surface area contributed by atoms with Crippen molar-refractivity contribution in [3.63, 3.8) is 0 Å². The van der Waals surface area contributed by atoms with E-state index in [0.717, 1.165) is 13.1 Å². The normalized spacial score (nSPS) is 19.3. The number of hydrogen-bond acceptors (Lipinski definition) is 2. The SMILES string of the molecule is CC1CNCCN1C(=O)/C=C/c1cccc(F)c1.Cl. The van der Waals surface area contributed by atoms with Crippen LogP contribution in [0.4, 0.5) is 4.39 Å². The Balaban J connectivity index is 0.00000180. The van der Waals surface area contributed by atoms with Gasteiger partial charge < -0.3 is 10.2 Å². The highest BCUT2D eigenvalue weighted by Crippen LogP contribution is 2.08. The molecule has 2 rings (SSSR count). The molecule has 1 amide bonds. The Kier molecular flexibility index (Phi) is 5.99. The average Bonchev–Trinajstić information content (AvgIpc) is 2.37. The van der Waals surface area contributed by atoms with Crippen LogP contribution in [-0.2, 0) is 4.79 Å². The number of hydrogen-bond donors (Lipinski definition) is 1. The number of carbonyl (C=O) groups is 1. The number of nitrogens with zero attached hydrogens (tertiary/aromatic N) is 1. The van der Waals surface area contributed by atoms with Crippen molar-refractivity contribution in [1.82, 2.24) is 10.2 Å². The molecule has 0 spiro atoms. The van der Waals surface area contributed by atoms with Crippen molar-refractivity contribution >= 4 is 24.4 Å². The Morgan fingerprint density at radius 2 is 2.32 bits per heavy atom. The van der Waals surface area contributed by atoms with Gasteiger partial charge in [0.25, 0.3) is 0 Å². The number of amides is 1. The van der Waals surface area contributed by atoms with E-state index >= 15 is 0 Å². The Morgan fingerprint density at radius 1 is 1.53 bits per heavy atom. The van der Waals surface area contributed by atoms with Crippen molar-refractivity contribution < 1.29 is 9.18 Å². The highest BCUT2D eigenvalue weighted by atomic mass is 35.5. The predicted octanol–water partition coefficient (Wildman–Crippen LogP) is 2.08. The van der Waals surface area contributed by atoms with Gasteiger partial charge in [0.2, 0.25) is 5.91 Å². The lowest BCUT2D eigenvalue weighted by Gasteiger charge is -2.33. The maximum Gasteiger partial charge on any atom is 0.246 e. The van der Waals surface area contributed by atoms with Crippen LogP contribution in [0.2, 0.25) is 0 Å². The van der Waals surface area contributed by atoms with Gasteiger partial charge in [-0.05, 0) is 30.7 Å². The predicted molar refractivity (Wildman–Crippen MR) is 76.7 cm³/mol. The zero-order chi connectivity index (χ0) is 13.0. The Labute approximate surface area is 118 Å². The van der Waals surface area contributed by atoms with Crippen LogP contribution >= 0.6 is 12.4 Å². The number of rotatable bonds is 2. The van der Waals surface area contributed by atoms with E-state index in [4.69, 9.17) is 0 Å². The lowest BCUT2D eigenvalue weighted by Crippen LogP contribution is -2.51. The van der Waals surface area contributed by atoms with E-state index in [-0.39, 0.29) is 30.2 Å². The molecule has 1 N–H and O–H groups in total. The lowest BCUT2D eigenvalue weighted by molar-refractivity contribution is -0.128. The zero-order valence-electron chi connectivity index (χ0n) is 10.8. The molecule has 104 valence electrons. The van der Waals surface area contributed by atoms with E-state index < -0.39 is 0 Å². The third kappa shape index (κ3) is 4.33. The summed E-state index contributed by atoms with van der Waals surface area (Å²) in [7, 11) is 0. The van der Waals surface area contributed by atoms with Crippen LogP contribution in [0.1, 0.15) is 12.5 Å². The van der Waals surface area contributed by atoms with Crippen molar-refractivity contribution in [2.45, 2.75) is 13.0 Å². The number of carbonyl (C=O) groups excluding carboxylic acids is 1. The molecule has 1 aliphatic heterocycles. The summed E-state index contributed by atoms with van der Waals surface area (Å²) in [6.45, 7) is 4.37. The van der Waals surface area contributed by atoms with Crippen molar-refractivity contribution in [3.8, 4) is 0 Å². The molecule has 5 heteroatoms. The molecule has 3 nitrogen and oxygen atoms in total. The van der Waals surface area contributed by atoms with Crippen molar-refractivity contribution in [1.29, 1.82) is 0 Å². The summed E-state index contributed by atoms with van der Waals surface area (Å²) < 4.78 is 13.0. The molecule has 1 aromatic rings. The monoisotopic (exact) mass is 284 g/mol. The smallest absolute Gasteiger partial charge is 0.246 e. The molecule has 0 aliphatic carbocycles. The van der Waals surface area contributed by atoms with Crippen LogP contribution < -0.4 is 5.32 Å². The van der Waals surface area contributed by atoms with Crippen molar-refractivity contribution in [3.05, 3.63) is 41.7 Å². The third-order valence-electron chi connectivity index (χ3n) is 3.05. The van der Waals surface area contributed by atoms with Crippen LogP contribution in [0.25, 0.3) is 6.08 Å². The van der Waals surface area contributed by atoms with Gasteiger partial charge in [0, 0.05) is 31.8 Å². The minimum absolute atomic E-state index is 0. The van der Waals surface area contributed by atoms with Crippen LogP contribution in [0, 0.1) is 5.82 Å². The van der Waals surface area contributed by atoms with E-state index in [2.05, 4.69) is 5.32 Å². The fourth-order valence-corrected chi connectivity index (χ4v) is 2.04. The maximum atomic E-state index is 13.0. The fourth-order valence-electron chi connectivity index (χ4n) is 2.04. The van der Waals surface area contributed by atoms with E-state index in [9.17, 15) is 9.18 Å². The topological polar surface area (TPSA) is 32.3 Å². The first-order valence-electron chi connectivity index (χ1n) is 6.12. The quantitative estimate of drug-likeness (QED) is 0.844. The molecule has 1 saturated heterocycles. The number of piperazine rings is 1. The Hall–Kier alpha value is -1.39. The van der Waals surface area contributed by atoms with Gasteiger partial charge in [0.15, 0.2) is 0 Å². The summed E-state index contributed by atoms with van der Waals surface area (Å²) in [5.74, 6) is -0.312. The van der Waals surface area contributed by atoms with Gasteiger partial charge in [-0.15, -0.1) is 12.4 Å². The number of halogens is 2. The molecular formula is C14H18ClFN2O. The molecule has 0 bridgehead atoms. The summed E-state index contributed by atoms with van der Waals surface area (Å²) in [6.07, 6.45) is 3.16. The minimum Gasteiger partial charge on any atom is -0.334 e. The average molecular weight is 285 g/mol. The molecule has 0 saturated carbocycles. The third-order valence-corrected chi connectivity index (χ3v) is 3.05. The molecule has 1 aliphatic rings. The lowest BCUT2D eigenvalue weighted by atomic mass is 10.2. The second kappa shape index (κ2) is 7.26. The van der Waals surface area contributed by atoms with Crippen LogP contribution in [0.5, 0.6) is 0 Å². The van der Waals surface area contributed by atoms with Crippen molar-refractivity contribution in [2.75, 3.05) is 19.6 Å². The van der Waals surface area contributed by atoms with Crippen LogP contribution in [0.3, 0.4) is 0 Å².